The van der Waals surface area contributed by atoms with E-state index < -0.39 is 0 Å². The summed E-state index contributed by atoms with van der Waals surface area (Å²) in [5.74, 6) is 0.915. The van der Waals surface area contributed by atoms with Crippen LogP contribution in [0.1, 0.15) is 37.4 Å². The van der Waals surface area contributed by atoms with Gasteiger partial charge in [-0.2, -0.15) is 5.26 Å². The lowest BCUT2D eigenvalue weighted by Crippen LogP contribution is -2.41. The second-order valence-corrected chi connectivity index (χ2v) is 8.96. The number of hydrogen-bond donors (Lipinski definition) is 0. The highest BCUT2D eigenvalue weighted by Gasteiger charge is 2.41. The van der Waals surface area contributed by atoms with E-state index in [0.717, 1.165) is 67.4 Å². The van der Waals surface area contributed by atoms with Gasteiger partial charge in [-0.1, -0.05) is 23.7 Å². The summed E-state index contributed by atoms with van der Waals surface area (Å²) in [4.78, 5) is 12.0. The first-order valence-electron chi connectivity index (χ1n) is 10.4. The summed E-state index contributed by atoms with van der Waals surface area (Å²) in [6.45, 7) is 6.95. The summed E-state index contributed by atoms with van der Waals surface area (Å²) in [5.41, 5.74) is 4.11. The molecule has 0 amide bonds. The largest absolute Gasteiger partial charge is 0.378 e. The van der Waals surface area contributed by atoms with Crippen LogP contribution >= 0.6 is 11.6 Å². The minimum atomic E-state index is 0.324. The second-order valence-electron chi connectivity index (χ2n) is 8.58. The van der Waals surface area contributed by atoms with E-state index in [4.69, 9.17) is 21.3 Å². The van der Waals surface area contributed by atoms with Crippen molar-refractivity contribution in [3.63, 3.8) is 0 Å². The Morgan fingerprint density at radius 1 is 1.30 bits per heavy atom. The molecular formula is C23H24ClN5O. The molecule has 154 valence electrons. The smallest absolute Gasteiger partial charge is 0.211 e. The second kappa shape index (κ2) is 7.26. The first kappa shape index (κ1) is 19.3. The number of imidazole rings is 1. The normalized spacial score (nSPS) is 20.7. The maximum Gasteiger partial charge on any atom is 0.211 e. The van der Waals surface area contributed by atoms with Crippen LogP contribution in [0.4, 0.5) is 5.95 Å². The number of nitriles is 1. The van der Waals surface area contributed by atoms with E-state index in [9.17, 15) is 5.26 Å². The molecule has 0 saturated carbocycles. The monoisotopic (exact) mass is 421 g/mol. The van der Waals surface area contributed by atoms with Gasteiger partial charge in [0.15, 0.2) is 0 Å². The molecule has 2 fully saturated rings. The van der Waals surface area contributed by atoms with Gasteiger partial charge in [-0.15, -0.1) is 0 Å². The van der Waals surface area contributed by atoms with E-state index in [1.54, 1.807) is 12.3 Å². The Morgan fingerprint density at radius 3 is 2.80 bits per heavy atom. The first-order chi connectivity index (χ1) is 14.5. The van der Waals surface area contributed by atoms with Gasteiger partial charge in [0.25, 0.3) is 0 Å². The fourth-order valence-corrected chi connectivity index (χ4v) is 5.26. The number of fused-ring (bicyclic) bond motifs is 1. The molecule has 4 heterocycles. The number of piperidine rings is 1. The zero-order valence-corrected chi connectivity index (χ0v) is 18.0. The molecule has 2 aliphatic rings. The van der Waals surface area contributed by atoms with Crippen LogP contribution < -0.4 is 4.90 Å². The van der Waals surface area contributed by atoms with Crippen LogP contribution in [0.15, 0.2) is 30.6 Å². The summed E-state index contributed by atoms with van der Waals surface area (Å²) in [5, 5.41) is 9.81. The Kier molecular flexibility index (Phi) is 4.68. The predicted molar refractivity (Wildman–Crippen MR) is 117 cm³/mol. The number of aromatic nitrogens is 3. The van der Waals surface area contributed by atoms with Crippen molar-refractivity contribution in [2.24, 2.45) is 5.41 Å². The van der Waals surface area contributed by atoms with Crippen molar-refractivity contribution in [3.05, 3.63) is 46.9 Å². The van der Waals surface area contributed by atoms with E-state index in [0.29, 0.717) is 22.1 Å². The fraction of sp³-hybridized carbons (Fsp3) is 0.435. The molecule has 7 heteroatoms. The Balaban J connectivity index is 1.54. The van der Waals surface area contributed by atoms with Crippen LogP contribution in [-0.2, 0) is 4.74 Å². The highest BCUT2D eigenvalue weighted by Crippen LogP contribution is 2.43. The maximum absolute atomic E-state index is 9.36. The third-order valence-corrected chi connectivity index (χ3v) is 7.01. The molecule has 30 heavy (non-hydrogen) atoms. The van der Waals surface area contributed by atoms with Crippen molar-refractivity contribution in [1.82, 2.24) is 14.4 Å². The van der Waals surface area contributed by atoms with Gasteiger partial charge in [0.2, 0.25) is 5.95 Å². The minimum absolute atomic E-state index is 0.324. The lowest BCUT2D eigenvalue weighted by atomic mass is 9.77. The quantitative estimate of drug-likeness (QED) is 0.603. The SMILES string of the molecule is Cc1nc(N2CCC3(CC2)CO[C@@H](C)C3)n2ccnc2c1-c1cccc(C#N)c1Cl. The van der Waals surface area contributed by atoms with Crippen molar-refractivity contribution >= 4 is 23.2 Å². The van der Waals surface area contributed by atoms with Crippen molar-refractivity contribution in [1.29, 1.82) is 5.26 Å². The van der Waals surface area contributed by atoms with E-state index in [2.05, 4.69) is 22.9 Å². The predicted octanol–water partition coefficient (Wildman–Crippen LogP) is 4.63. The Hall–Kier alpha value is -2.62. The molecule has 5 rings (SSSR count). The fourth-order valence-electron chi connectivity index (χ4n) is 5.00. The van der Waals surface area contributed by atoms with E-state index in [1.807, 2.05) is 29.7 Å². The van der Waals surface area contributed by atoms with Gasteiger partial charge in [0.05, 0.1) is 29.0 Å². The van der Waals surface area contributed by atoms with Crippen LogP contribution in [0.5, 0.6) is 0 Å². The molecule has 2 saturated heterocycles. The highest BCUT2D eigenvalue weighted by atomic mass is 35.5. The highest BCUT2D eigenvalue weighted by molar-refractivity contribution is 6.34. The topological polar surface area (TPSA) is 66.5 Å². The summed E-state index contributed by atoms with van der Waals surface area (Å²) < 4.78 is 7.92. The zero-order chi connectivity index (χ0) is 20.9. The number of benzene rings is 1. The molecule has 2 aliphatic heterocycles. The molecule has 0 radical (unpaired) electrons. The third-order valence-electron chi connectivity index (χ3n) is 6.60. The van der Waals surface area contributed by atoms with Gasteiger partial charge in [-0.3, -0.25) is 4.40 Å². The molecule has 0 unspecified atom stereocenters. The van der Waals surface area contributed by atoms with Gasteiger partial charge in [0, 0.05) is 36.6 Å². The molecule has 0 bridgehead atoms. The third kappa shape index (κ3) is 3.05. The van der Waals surface area contributed by atoms with Gasteiger partial charge < -0.3 is 9.64 Å². The molecule has 0 N–H and O–H groups in total. The Bertz CT molecular complexity index is 1160. The van der Waals surface area contributed by atoms with Gasteiger partial charge in [0.1, 0.15) is 11.7 Å². The number of nitrogens with zero attached hydrogens (tertiary/aromatic N) is 5. The summed E-state index contributed by atoms with van der Waals surface area (Å²) in [7, 11) is 0. The number of hydrogen-bond acceptors (Lipinski definition) is 5. The molecule has 1 atom stereocenters. The summed E-state index contributed by atoms with van der Waals surface area (Å²) in [6, 6.07) is 7.66. The molecule has 3 aromatic rings. The van der Waals surface area contributed by atoms with E-state index in [-0.39, 0.29) is 0 Å². The van der Waals surface area contributed by atoms with Crippen LogP contribution in [0, 0.1) is 23.7 Å². The molecular weight excluding hydrogens is 398 g/mol. The van der Waals surface area contributed by atoms with Crippen molar-refractivity contribution in [2.75, 3.05) is 24.6 Å². The maximum atomic E-state index is 9.36. The average Bonchev–Trinajstić information content (AvgIpc) is 3.36. The molecule has 1 aromatic carbocycles. The first-order valence-corrected chi connectivity index (χ1v) is 10.8. The molecule has 2 aromatic heterocycles. The summed E-state index contributed by atoms with van der Waals surface area (Å²) in [6.07, 6.45) is 7.50. The molecule has 1 spiro atoms. The lowest BCUT2D eigenvalue weighted by Gasteiger charge is -2.39. The van der Waals surface area contributed by atoms with Crippen molar-refractivity contribution < 1.29 is 4.74 Å². The number of anilines is 1. The summed E-state index contributed by atoms with van der Waals surface area (Å²) >= 11 is 6.54. The van der Waals surface area contributed by atoms with Crippen LogP contribution in [0.25, 0.3) is 16.8 Å². The molecule has 0 aliphatic carbocycles. The van der Waals surface area contributed by atoms with Gasteiger partial charge >= 0.3 is 0 Å². The Morgan fingerprint density at radius 2 is 2.10 bits per heavy atom. The van der Waals surface area contributed by atoms with Crippen LogP contribution in [0.3, 0.4) is 0 Å². The van der Waals surface area contributed by atoms with Crippen LogP contribution in [0.2, 0.25) is 5.02 Å². The number of aryl methyl sites for hydroxylation is 1. The number of ether oxygens (including phenoxy) is 1. The average molecular weight is 422 g/mol. The van der Waals surface area contributed by atoms with Crippen molar-refractivity contribution in [3.8, 4) is 17.2 Å². The van der Waals surface area contributed by atoms with Crippen molar-refractivity contribution in [2.45, 2.75) is 39.2 Å². The molecule has 6 nitrogen and oxygen atoms in total. The minimum Gasteiger partial charge on any atom is -0.378 e. The zero-order valence-electron chi connectivity index (χ0n) is 17.2. The number of rotatable bonds is 2. The van der Waals surface area contributed by atoms with E-state index >= 15 is 0 Å². The van der Waals surface area contributed by atoms with E-state index in [1.165, 1.54) is 0 Å². The lowest BCUT2D eigenvalue weighted by molar-refractivity contribution is 0.0975. The van der Waals surface area contributed by atoms with Gasteiger partial charge in [-0.25, -0.2) is 9.97 Å². The standard InChI is InChI=1S/C23H24ClN5O/c1-15-12-23(14-30-15)6-9-28(10-7-23)22-27-16(2)19(21-26-8-11-29(21)22)18-5-3-4-17(13-25)20(18)24/h3-5,8,11,15H,6-7,9-10,12,14H2,1-2H3/t15-/m0/s1. The van der Waals surface area contributed by atoms with Gasteiger partial charge in [-0.05, 0) is 44.6 Å². The Labute approximate surface area is 181 Å². The number of halogens is 1. The van der Waals surface area contributed by atoms with Crippen LogP contribution in [-0.4, -0.2) is 40.2 Å².